The maximum absolute atomic E-state index is 13.2. The summed E-state index contributed by atoms with van der Waals surface area (Å²) in [4.78, 5) is 14.8. The van der Waals surface area contributed by atoms with Crippen molar-refractivity contribution < 1.29 is 19.4 Å². The second-order valence-corrected chi connectivity index (χ2v) is 6.68. The minimum atomic E-state index is -1.63. The fraction of sp³-hybridized carbons (Fsp3) is 0.174. The minimum absolute atomic E-state index is 0.357. The van der Waals surface area contributed by atoms with Gasteiger partial charge in [0.15, 0.2) is 5.60 Å². The van der Waals surface area contributed by atoms with Crippen LogP contribution in [0.4, 0.5) is 5.69 Å². The summed E-state index contributed by atoms with van der Waals surface area (Å²) >= 11 is 0. The van der Waals surface area contributed by atoms with E-state index in [9.17, 15) is 9.90 Å². The number of carbonyl (C=O) groups is 1. The number of methoxy groups -OCH3 is 2. The smallest absolute Gasteiger partial charge is 0.266 e. The third-order valence-corrected chi connectivity index (χ3v) is 5.19. The lowest BCUT2D eigenvalue weighted by Gasteiger charge is -2.53. The molecule has 5 nitrogen and oxygen atoms in total. The summed E-state index contributed by atoms with van der Waals surface area (Å²) in [7, 11) is 3.20. The van der Waals surface area contributed by atoms with Gasteiger partial charge in [-0.05, 0) is 47.5 Å². The Bertz CT molecular complexity index is 970. The molecule has 1 heterocycles. The van der Waals surface area contributed by atoms with Gasteiger partial charge in [-0.3, -0.25) is 9.69 Å². The highest BCUT2D eigenvalue weighted by atomic mass is 16.5. The second-order valence-electron chi connectivity index (χ2n) is 6.68. The van der Waals surface area contributed by atoms with Gasteiger partial charge in [-0.1, -0.05) is 42.5 Å². The number of β-lactam (4-membered cyclic amide) rings is 1. The van der Waals surface area contributed by atoms with Gasteiger partial charge in [0.25, 0.3) is 5.91 Å². The summed E-state index contributed by atoms with van der Waals surface area (Å²) in [6.45, 7) is 0. The van der Waals surface area contributed by atoms with Crippen LogP contribution in [-0.2, 0) is 10.4 Å². The number of benzene rings is 3. The van der Waals surface area contributed by atoms with E-state index < -0.39 is 11.6 Å². The molecule has 1 aliphatic heterocycles. The van der Waals surface area contributed by atoms with Gasteiger partial charge < -0.3 is 14.6 Å². The third-order valence-electron chi connectivity index (χ3n) is 5.19. The van der Waals surface area contributed by atoms with Crippen molar-refractivity contribution in [2.24, 2.45) is 0 Å². The molecule has 3 aromatic carbocycles. The molecule has 0 aromatic heterocycles. The van der Waals surface area contributed by atoms with Crippen molar-refractivity contribution in [1.29, 1.82) is 0 Å². The molecule has 142 valence electrons. The van der Waals surface area contributed by atoms with E-state index in [1.54, 1.807) is 43.4 Å². The molecule has 0 spiro atoms. The van der Waals surface area contributed by atoms with E-state index in [1.165, 1.54) is 0 Å². The number of hydrogen-bond donors (Lipinski definition) is 1. The molecule has 1 saturated heterocycles. The van der Waals surface area contributed by atoms with Crippen LogP contribution in [0.15, 0.2) is 78.9 Å². The van der Waals surface area contributed by atoms with Gasteiger partial charge in [0.05, 0.1) is 14.2 Å². The van der Waals surface area contributed by atoms with Crippen LogP contribution in [0.2, 0.25) is 0 Å². The van der Waals surface area contributed by atoms with Gasteiger partial charge in [-0.15, -0.1) is 0 Å². The first kappa shape index (κ1) is 18.1. The average molecular weight is 375 g/mol. The van der Waals surface area contributed by atoms with Crippen molar-refractivity contribution in [3.63, 3.8) is 0 Å². The molecule has 2 atom stereocenters. The fourth-order valence-corrected chi connectivity index (χ4v) is 3.70. The Morgan fingerprint density at radius 3 is 1.89 bits per heavy atom. The molecule has 0 radical (unpaired) electrons. The van der Waals surface area contributed by atoms with Crippen molar-refractivity contribution in [3.05, 3.63) is 90.0 Å². The lowest BCUT2D eigenvalue weighted by molar-refractivity contribution is -0.155. The Balaban J connectivity index is 1.80. The summed E-state index contributed by atoms with van der Waals surface area (Å²) in [5.74, 6) is 1.06. The predicted octanol–water partition coefficient (Wildman–Crippen LogP) is 3.68. The zero-order chi connectivity index (χ0) is 19.7. The molecular weight excluding hydrogens is 354 g/mol. The Kier molecular flexibility index (Phi) is 4.53. The van der Waals surface area contributed by atoms with Crippen molar-refractivity contribution in [2.45, 2.75) is 11.6 Å². The molecule has 1 aliphatic rings. The van der Waals surface area contributed by atoms with Crippen molar-refractivity contribution in [1.82, 2.24) is 0 Å². The van der Waals surface area contributed by atoms with Crippen molar-refractivity contribution in [2.75, 3.05) is 19.1 Å². The Morgan fingerprint density at radius 2 is 1.36 bits per heavy atom. The van der Waals surface area contributed by atoms with E-state index in [4.69, 9.17) is 9.47 Å². The summed E-state index contributed by atoms with van der Waals surface area (Å²) < 4.78 is 10.4. The Labute approximate surface area is 163 Å². The highest BCUT2D eigenvalue weighted by molar-refractivity contribution is 6.08. The van der Waals surface area contributed by atoms with Crippen molar-refractivity contribution >= 4 is 11.6 Å². The molecule has 28 heavy (non-hydrogen) atoms. The number of amides is 1. The molecule has 2 unspecified atom stereocenters. The third kappa shape index (κ3) is 2.72. The standard InChI is InChI=1S/C23H21NO4/c1-27-19-12-8-16(9-13-19)21-23(26,17-6-4-3-5-7-17)22(25)24(21)18-10-14-20(28-2)15-11-18/h3-15,21,26H,1-2H3. The minimum Gasteiger partial charge on any atom is -0.497 e. The first-order valence-corrected chi connectivity index (χ1v) is 8.99. The van der Waals surface area contributed by atoms with Gasteiger partial charge in [0, 0.05) is 5.69 Å². The zero-order valence-electron chi connectivity index (χ0n) is 15.7. The van der Waals surface area contributed by atoms with Gasteiger partial charge in [-0.25, -0.2) is 0 Å². The van der Waals surface area contributed by atoms with Crippen molar-refractivity contribution in [3.8, 4) is 11.5 Å². The second kappa shape index (κ2) is 7.02. The number of nitrogens with zero attached hydrogens (tertiary/aromatic N) is 1. The first-order valence-electron chi connectivity index (χ1n) is 8.99. The zero-order valence-corrected chi connectivity index (χ0v) is 15.7. The molecule has 0 saturated carbocycles. The number of rotatable bonds is 5. The topological polar surface area (TPSA) is 59.0 Å². The van der Waals surface area contributed by atoms with E-state index in [0.717, 1.165) is 5.56 Å². The number of aliphatic hydroxyl groups is 1. The number of ether oxygens (including phenoxy) is 2. The maximum atomic E-state index is 13.2. The average Bonchev–Trinajstić information content (AvgIpc) is 2.77. The molecule has 4 rings (SSSR count). The first-order chi connectivity index (χ1) is 13.6. The summed E-state index contributed by atoms with van der Waals surface area (Å²) in [6.07, 6.45) is 0. The molecule has 5 heteroatoms. The molecular formula is C23H21NO4. The van der Waals surface area contributed by atoms with E-state index in [1.807, 2.05) is 54.6 Å². The fourth-order valence-electron chi connectivity index (χ4n) is 3.70. The lowest BCUT2D eigenvalue weighted by atomic mass is 9.73. The number of hydrogen-bond acceptors (Lipinski definition) is 4. The van der Waals surface area contributed by atoms with Crippen LogP contribution in [0.25, 0.3) is 0 Å². The van der Waals surface area contributed by atoms with E-state index in [-0.39, 0.29) is 5.91 Å². The maximum Gasteiger partial charge on any atom is 0.266 e. The Morgan fingerprint density at radius 1 is 0.821 bits per heavy atom. The van der Waals surface area contributed by atoms with Gasteiger partial charge in [-0.2, -0.15) is 0 Å². The lowest BCUT2D eigenvalue weighted by Crippen LogP contribution is -2.66. The van der Waals surface area contributed by atoms with Crippen LogP contribution >= 0.6 is 0 Å². The largest absolute Gasteiger partial charge is 0.497 e. The van der Waals surface area contributed by atoms with Gasteiger partial charge >= 0.3 is 0 Å². The summed E-state index contributed by atoms with van der Waals surface area (Å²) in [5.41, 5.74) is 0.468. The quantitative estimate of drug-likeness (QED) is 0.691. The predicted molar refractivity (Wildman–Crippen MR) is 107 cm³/mol. The molecule has 0 bridgehead atoms. The number of anilines is 1. The van der Waals surface area contributed by atoms with Crippen LogP contribution in [0.5, 0.6) is 11.5 Å². The molecule has 1 amide bonds. The Hall–Kier alpha value is -3.31. The van der Waals surface area contributed by atoms with Gasteiger partial charge in [0.2, 0.25) is 0 Å². The highest BCUT2D eigenvalue weighted by Crippen LogP contribution is 2.52. The SMILES string of the molecule is COc1ccc(C2N(c3ccc(OC)cc3)C(=O)C2(O)c2ccccc2)cc1. The van der Waals surface area contributed by atoms with Crippen LogP contribution in [0.1, 0.15) is 17.2 Å². The van der Waals surface area contributed by atoms with E-state index in [2.05, 4.69) is 0 Å². The van der Waals surface area contributed by atoms with Gasteiger partial charge in [0.1, 0.15) is 17.5 Å². The summed E-state index contributed by atoms with van der Waals surface area (Å²) in [6, 6.07) is 23.1. The van der Waals surface area contributed by atoms with Crippen LogP contribution in [0, 0.1) is 0 Å². The van der Waals surface area contributed by atoms with Crippen LogP contribution < -0.4 is 14.4 Å². The molecule has 3 aromatic rings. The van der Waals surface area contributed by atoms with E-state index >= 15 is 0 Å². The van der Waals surface area contributed by atoms with Crippen LogP contribution in [-0.4, -0.2) is 25.2 Å². The highest BCUT2D eigenvalue weighted by Gasteiger charge is 2.62. The normalized spacial score (nSPS) is 21.2. The molecule has 1 N–H and O–H groups in total. The molecule has 1 fully saturated rings. The van der Waals surface area contributed by atoms with E-state index in [0.29, 0.717) is 22.7 Å². The summed E-state index contributed by atoms with van der Waals surface area (Å²) in [5, 5.41) is 11.5. The molecule has 0 aliphatic carbocycles. The monoisotopic (exact) mass is 375 g/mol. The number of carbonyl (C=O) groups excluding carboxylic acids is 1. The van der Waals surface area contributed by atoms with Crippen LogP contribution in [0.3, 0.4) is 0 Å².